The minimum Gasteiger partial charge on any atom is -0.458 e. The molecular formula is C10H7IO2S. The minimum atomic E-state index is -0.0442. The highest BCUT2D eigenvalue weighted by atomic mass is 127. The number of thiophene rings is 1. The van der Waals surface area contributed by atoms with Crippen LogP contribution in [0.4, 0.5) is 0 Å². The van der Waals surface area contributed by atoms with E-state index in [9.17, 15) is 4.79 Å². The van der Waals surface area contributed by atoms with Crippen molar-refractivity contribution in [1.82, 2.24) is 0 Å². The monoisotopic (exact) mass is 318 g/mol. The predicted octanol–water partition coefficient (Wildman–Crippen LogP) is 3.49. The SMILES string of the molecule is Cc1ccc(C(=O)c2csc(I)c2)o1. The summed E-state index contributed by atoms with van der Waals surface area (Å²) in [6.07, 6.45) is 0. The van der Waals surface area contributed by atoms with Gasteiger partial charge in [-0.25, -0.2) is 0 Å². The number of hydrogen-bond donors (Lipinski definition) is 0. The van der Waals surface area contributed by atoms with Crippen molar-refractivity contribution in [3.05, 3.63) is 43.5 Å². The molecule has 0 bridgehead atoms. The third-order valence-corrected chi connectivity index (χ3v) is 3.58. The van der Waals surface area contributed by atoms with E-state index in [4.69, 9.17) is 4.42 Å². The summed E-state index contributed by atoms with van der Waals surface area (Å²) in [4.78, 5) is 11.8. The normalized spacial score (nSPS) is 10.4. The van der Waals surface area contributed by atoms with Crippen LogP contribution in [0.5, 0.6) is 0 Å². The van der Waals surface area contributed by atoms with Crippen LogP contribution in [0.15, 0.2) is 28.0 Å². The van der Waals surface area contributed by atoms with Crippen LogP contribution < -0.4 is 0 Å². The predicted molar refractivity (Wildman–Crippen MR) is 63.9 cm³/mol. The van der Waals surface area contributed by atoms with Crippen molar-refractivity contribution in [2.24, 2.45) is 0 Å². The zero-order valence-electron chi connectivity index (χ0n) is 7.41. The van der Waals surface area contributed by atoms with Crippen LogP contribution in [-0.2, 0) is 0 Å². The van der Waals surface area contributed by atoms with E-state index in [1.54, 1.807) is 23.5 Å². The number of aryl methyl sites for hydroxylation is 1. The second kappa shape index (κ2) is 3.86. The van der Waals surface area contributed by atoms with Gasteiger partial charge in [-0.05, 0) is 47.7 Å². The molecule has 0 fully saturated rings. The molecule has 0 radical (unpaired) electrons. The topological polar surface area (TPSA) is 30.2 Å². The van der Waals surface area contributed by atoms with Crippen LogP contribution >= 0.6 is 33.9 Å². The largest absolute Gasteiger partial charge is 0.458 e. The van der Waals surface area contributed by atoms with Gasteiger partial charge in [0.15, 0.2) is 5.76 Å². The quantitative estimate of drug-likeness (QED) is 0.627. The summed E-state index contributed by atoms with van der Waals surface area (Å²) in [6.45, 7) is 1.83. The molecular weight excluding hydrogens is 311 g/mol. The van der Waals surface area contributed by atoms with Gasteiger partial charge in [0.1, 0.15) is 5.76 Å². The van der Waals surface area contributed by atoms with E-state index in [1.807, 2.05) is 18.4 Å². The first-order chi connectivity index (χ1) is 6.66. The third-order valence-electron chi connectivity index (χ3n) is 1.79. The minimum absolute atomic E-state index is 0.0442. The van der Waals surface area contributed by atoms with Gasteiger partial charge in [0.2, 0.25) is 5.78 Å². The number of furan rings is 1. The van der Waals surface area contributed by atoms with E-state index >= 15 is 0 Å². The molecule has 0 aliphatic carbocycles. The second-order valence-corrected chi connectivity index (χ2v) is 5.68. The fourth-order valence-electron chi connectivity index (χ4n) is 1.13. The Morgan fingerprint density at radius 2 is 2.29 bits per heavy atom. The van der Waals surface area contributed by atoms with Gasteiger partial charge in [-0.15, -0.1) is 11.3 Å². The van der Waals surface area contributed by atoms with Crippen LogP contribution in [0.2, 0.25) is 0 Å². The van der Waals surface area contributed by atoms with Crippen molar-refractivity contribution in [2.45, 2.75) is 6.92 Å². The number of halogens is 1. The molecule has 0 saturated heterocycles. The van der Waals surface area contributed by atoms with E-state index in [-0.39, 0.29) is 5.78 Å². The average Bonchev–Trinajstić information content (AvgIpc) is 2.73. The molecule has 0 unspecified atom stereocenters. The lowest BCUT2D eigenvalue weighted by atomic mass is 10.2. The van der Waals surface area contributed by atoms with Crippen LogP contribution in [-0.4, -0.2) is 5.78 Å². The molecule has 2 aromatic rings. The Balaban J connectivity index is 2.33. The van der Waals surface area contributed by atoms with Crippen molar-refractivity contribution in [2.75, 3.05) is 0 Å². The molecule has 2 heterocycles. The highest BCUT2D eigenvalue weighted by Gasteiger charge is 2.13. The van der Waals surface area contributed by atoms with E-state index in [0.29, 0.717) is 11.3 Å². The van der Waals surface area contributed by atoms with Crippen molar-refractivity contribution in [3.8, 4) is 0 Å². The fourth-order valence-corrected chi connectivity index (χ4v) is 2.45. The van der Waals surface area contributed by atoms with Crippen LogP contribution in [0, 0.1) is 9.81 Å². The summed E-state index contributed by atoms with van der Waals surface area (Å²) in [5.74, 6) is 1.13. The maximum Gasteiger partial charge on any atom is 0.229 e. The number of carbonyl (C=O) groups is 1. The summed E-state index contributed by atoms with van der Waals surface area (Å²) in [7, 11) is 0. The Bertz CT molecular complexity index is 428. The molecule has 4 heteroatoms. The summed E-state index contributed by atoms with van der Waals surface area (Å²) >= 11 is 3.75. The zero-order chi connectivity index (χ0) is 10.1. The number of hydrogen-bond acceptors (Lipinski definition) is 3. The maximum atomic E-state index is 11.8. The molecule has 0 spiro atoms. The Labute approximate surface area is 99.1 Å². The number of rotatable bonds is 2. The van der Waals surface area contributed by atoms with E-state index in [0.717, 1.165) is 8.64 Å². The number of carbonyl (C=O) groups excluding carboxylic acids is 1. The Kier molecular flexibility index (Phi) is 2.73. The van der Waals surface area contributed by atoms with Crippen molar-refractivity contribution >= 4 is 39.7 Å². The Morgan fingerprint density at radius 3 is 2.79 bits per heavy atom. The summed E-state index contributed by atoms with van der Waals surface area (Å²) in [5, 5.41) is 1.85. The smallest absolute Gasteiger partial charge is 0.229 e. The van der Waals surface area contributed by atoms with Gasteiger partial charge in [-0.3, -0.25) is 4.79 Å². The molecule has 14 heavy (non-hydrogen) atoms. The Hall–Kier alpha value is -0.620. The first-order valence-corrected chi connectivity index (χ1v) is 5.98. The fraction of sp³-hybridized carbons (Fsp3) is 0.100. The molecule has 0 aliphatic heterocycles. The highest BCUT2D eigenvalue weighted by Crippen LogP contribution is 2.20. The maximum absolute atomic E-state index is 11.8. The molecule has 0 N–H and O–H groups in total. The molecule has 2 rings (SSSR count). The van der Waals surface area contributed by atoms with E-state index in [2.05, 4.69) is 22.6 Å². The molecule has 0 aliphatic rings. The Morgan fingerprint density at radius 1 is 1.50 bits per heavy atom. The lowest BCUT2D eigenvalue weighted by Crippen LogP contribution is -1.96. The van der Waals surface area contributed by atoms with Crippen LogP contribution in [0.1, 0.15) is 21.9 Å². The average molecular weight is 318 g/mol. The molecule has 72 valence electrons. The zero-order valence-corrected chi connectivity index (χ0v) is 10.4. The van der Waals surface area contributed by atoms with Crippen LogP contribution in [0.25, 0.3) is 0 Å². The summed E-state index contributed by atoms with van der Waals surface area (Å²) in [6, 6.07) is 5.37. The van der Waals surface area contributed by atoms with Gasteiger partial charge in [0.25, 0.3) is 0 Å². The third kappa shape index (κ3) is 1.90. The highest BCUT2D eigenvalue weighted by molar-refractivity contribution is 14.1. The van der Waals surface area contributed by atoms with Crippen molar-refractivity contribution in [3.63, 3.8) is 0 Å². The van der Waals surface area contributed by atoms with E-state index < -0.39 is 0 Å². The molecule has 0 amide bonds. The molecule has 0 saturated carbocycles. The molecule has 2 aromatic heterocycles. The second-order valence-electron chi connectivity index (χ2n) is 2.88. The standard InChI is InChI=1S/C10H7IO2S/c1-6-2-3-8(13-6)10(12)7-4-9(11)14-5-7/h2-5H,1H3. The molecule has 0 aromatic carbocycles. The van der Waals surface area contributed by atoms with Crippen molar-refractivity contribution < 1.29 is 9.21 Å². The van der Waals surface area contributed by atoms with Crippen molar-refractivity contribution in [1.29, 1.82) is 0 Å². The molecule has 0 atom stereocenters. The summed E-state index contributed by atoms with van der Waals surface area (Å²) in [5.41, 5.74) is 0.703. The lowest BCUT2D eigenvalue weighted by molar-refractivity contribution is 0.101. The van der Waals surface area contributed by atoms with Gasteiger partial charge in [-0.2, -0.15) is 0 Å². The lowest BCUT2D eigenvalue weighted by Gasteiger charge is -1.91. The molecule has 2 nitrogen and oxygen atoms in total. The van der Waals surface area contributed by atoms with Gasteiger partial charge < -0.3 is 4.42 Å². The van der Waals surface area contributed by atoms with Gasteiger partial charge in [0, 0.05) is 10.9 Å². The summed E-state index contributed by atoms with van der Waals surface area (Å²) < 4.78 is 6.37. The van der Waals surface area contributed by atoms with Gasteiger partial charge in [-0.1, -0.05) is 0 Å². The van der Waals surface area contributed by atoms with Crippen LogP contribution in [0.3, 0.4) is 0 Å². The number of ketones is 1. The first kappa shape index (κ1) is 9.92. The van der Waals surface area contributed by atoms with Gasteiger partial charge in [0.05, 0.1) is 2.88 Å². The van der Waals surface area contributed by atoms with Gasteiger partial charge >= 0.3 is 0 Å². The van der Waals surface area contributed by atoms with E-state index in [1.165, 1.54) is 0 Å². The first-order valence-electron chi connectivity index (χ1n) is 4.02.